The smallest absolute Gasteiger partial charge is 0.416 e. The van der Waals surface area contributed by atoms with Crippen molar-refractivity contribution in [2.45, 2.75) is 37.1 Å². The molecule has 3 fully saturated rings. The van der Waals surface area contributed by atoms with Crippen molar-refractivity contribution in [2.24, 2.45) is 23.7 Å². The average Bonchev–Trinajstić information content (AvgIpc) is 3.46. The lowest BCUT2D eigenvalue weighted by atomic mass is 9.64. The third-order valence-electron chi connectivity index (χ3n) is 8.73. The van der Waals surface area contributed by atoms with Crippen molar-refractivity contribution in [3.05, 3.63) is 89.2 Å². The molecule has 1 saturated carbocycles. The van der Waals surface area contributed by atoms with E-state index in [9.17, 15) is 50.5 Å². The van der Waals surface area contributed by atoms with Crippen LogP contribution in [0.15, 0.2) is 66.7 Å². The topological polar surface area (TPSA) is 96.3 Å². The van der Waals surface area contributed by atoms with Crippen LogP contribution in [0.1, 0.15) is 35.6 Å². The van der Waals surface area contributed by atoms with Crippen molar-refractivity contribution < 1.29 is 60.0 Å². The molecule has 14 heteroatoms. The SMILES string of the molecule is O=C1[C@H]2[C@H](C[C@H](COc3ccccc3)[C@@]3(O)O[C@H](c4ccc(O)c(F)c4)C[C@@H]23)C(=O)N1c1cc(C(F)(F)F)cc(C(F)(F)F)c1. The number of nitrogens with zero attached hydrogens (tertiary/aromatic N) is 1. The summed E-state index contributed by atoms with van der Waals surface area (Å²) < 4.78 is 108. The molecule has 0 bridgehead atoms. The Morgan fingerprint density at radius 1 is 0.889 bits per heavy atom. The Bertz CT molecular complexity index is 1610. The number of para-hydroxylation sites is 1. The van der Waals surface area contributed by atoms with Gasteiger partial charge in [-0.3, -0.25) is 14.5 Å². The predicted octanol–water partition coefficient (Wildman–Crippen LogP) is 6.24. The maximum Gasteiger partial charge on any atom is 0.416 e. The molecule has 1 aliphatic carbocycles. The van der Waals surface area contributed by atoms with Crippen LogP contribution in [-0.2, 0) is 26.7 Å². The van der Waals surface area contributed by atoms with Gasteiger partial charge in [0.05, 0.1) is 41.4 Å². The Hall–Kier alpha value is -4.17. The standard InChI is InChI=1S/C31H24F7NO6/c32-23-8-15(6-7-24(23)40)25-13-22-26-21(12-18(29(22,43)45-25)14-44-20-4-2-1-3-5-20)27(41)39(28(26)42)19-10-16(30(33,34)35)9-17(11-19)31(36,37)38/h1-11,18,21-22,25-26,40,43H,12-14H2/t18-,21+,22+,25+,26+,29-/m1/s1. The molecule has 3 aromatic carbocycles. The van der Waals surface area contributed by atoms with E-state index < -0.39 is 88.1 Å². The van der Waals surface area contributed by atoms with Crippen LogP contribution in [0, 0.1) is 29.5 Å². The van der Waals surface area contributed by atoms with E-state index in [1.165, 1.54) is 6.07 Å². The van der Waals surface area contributed by atoms with E-state index in [-0.39, 0.29) is 31.1 Å². The summed E-state index contributed by atoms with van der Waals surface area (Å²) in [6, 6.07) is 12.2. The van der Waals surface area contributed by atoms with Crippen LogP contribution in [0.3, 0.4) is 0 Å². The number of carbonyl (C=O) groups is 2. The molecule has 2 N–H and O–H groups in total. The predicted molar refractivity (Wildman–Crippen MR) is 141 cm³/mol. The number of carbonyl (C=O) groups excluding carboxylic acids is 2. The zero-order valence-electron chi connectivity index (χ0n) is 23.0. The van der Waals surface area contributed by atoms with Crippen molar-refractivity contribution in [2.75, 3.05) is 11.5 Å². The minimum atomic E-state index is -5.22. The van der Waals surface area contributed by atoms with Gasteiger partial charge in [0.2, 0.25) is 11.8 Å². The molecule has 6 atom stereocenters. The number of aromatic hydroxyl groups is 1. The van der Waals surface area contributed by atoms with E-state index in [0.29, 0.717) is 22.8 Å². The van der Waals surface area contributed by atoms with Gasteiger partial charge in [0.15, 0.2) is 17.4 Å². The third-order valence-corrected chi connectivity index (χ3v) is 8.73. The molecule has 0 radical (unpaired) electrons. The summed E-state index contributed by atoms with van der Waals surface area (Å²) in [5.74, 6) is -10.3. The van der Waals surface area contributed by atoms with Gasteiger partial charge in [0.1, 0.15) is 5.75 Å². The number of benzene rings is 3. The highest BCUT2D eigenvalue weighted by Gasteiger charge is 2.67. The summed E-state index contributed by atoms with van der Waals surface area (Å²) in [4.78, 5) is 27.9. The molecule has 2 aliphatic heterocycles. The number of hydrogen-bond acceptors (Lipinski definition) is 6. The van der Waals surface area contributed by atoms with Crippen LogP contribution in [0.25, 0.3) is 0 Å². The lowest BCUT2D eigenvalue weighted by Gasteiger charge is -2.44. The summed E-state index contributed by atoms with van der Waals surface area (Å²) in [6.07, 6.45) is -11.9. The van der Waals surface area contributed by atoms with Gasteiger partial charge < -0.3 is 19.7 Å². The highest BCUT2D eigenvalue weighted by Crippen LogP contribution is 2.59. The number of ether oxygens (including phenoxy) is 2. The van der Waals surface area contributed by atoms with E-state index in [2.05, 4.69) is 0 Å². The molecule has 238 valence electrons. The van der Waals surface area contributed by atoms with Gasteiger partial charge in [-0.15, -0.1) is 0 Å². The number of anilines is 1. The van der Waals surface area contributed by atoms with E-state index in [4.69, 9.17) is 9.47 Å². The molecule has 3 aromatic rings. The van der Waals surface area contributed by atoms with Crippen molar-refractivity contribution in [3.63, 3.8) is 0 Å². The minimum absolute atomic E-state index is 0.108. The number of aliphatic hydroxyl groups is 1. The second-order valence-corrected chi connectivity index (χ2v) is 11.4. The maximum atomic E-state index is 14.2. The average molecular weight is 640 g/mol. The Morgan fingerprint density at radius 3 is 2.13 bits per heavy atom. The molecule has 0 spiro atoms. The van der Waals surface area contributed by atoms with E-state index in [1.807, 2.05) is 0 Å². The maximum absolute atomic E-state index is 14.2. The summed E-state index contributed by atoms with van der Waals surface area (Å²) in [5.41, 5.74) is -4.12. The molecule has 2 saturated heterocycles. The molecule has 2 heterocycles. The number of fused-ring (bicyclic) bond motifs is 3. The first-order chi connectivity index (χ1) is 21.1. The Morgan fingerprint density at radius 2 is 1.53 bits per heavy atom. The molecule has 6 rings (SSSR count). The van der Waals surface area contributed by atoms with E-state index >= 15 is 0 Å². The van der Waals surface area contributed by atoms with Crippen LogP contribution in [0.2, 0.25) is 0 Å². The van der Waals surface area contributed by atoms with Crippen molar-refractivity contribution in [1.82, 2.24) is 0 Å². The zero-order chi connectivity index (χ0) is 32.5. The number of amides is 2. The monoisotopic (exact) mass is 639 g/mol. The molecular formula is C31H24F7NO6. The van der Waals surface area contributed by atoms with Crippen LogP contribution in [-0.4, -0.2) is 34.4 Å². The first kappa shape index (κ1) is 30.8. The minimum Gasteiger partial charge on any atom is -0.505 e. The van der Waals surface area contributed by atoms with Gasteiger partial charge >= 0.3 is 12.4 Å². The van der Waals surface area contributed by atoms with Gasteiger partial charge in [-0.1, -0.05) is 24.3 Å². The number of rotatable bonds is 5. The molecule has 3 aliphatic rings. The van der Waals surface area contributed by atoms with Crippen molar-refractivity contribution in [1.29, 1.82) is 0 Å². The fourth-order valence-electron chi connectivity index (χ4n) is 6.64. The summed E-state index contributed by atoms with van der Waals surface area (Å²) in [7, 11) is 0. The Labute approximate surface area is 250 Å². The highest BCUT2D eigenvalue weighted by molar-refractivity contribution is 6.22. The molecule has 45 heavy (non-hydrogen) atoms. The molecule has 7 nitrogen and oxygen atoms in total. The second kappa shape index (κ2) is 10.7. The summed E-state index contributed by atoms with van der Waals surface area (Å²) >= 11 is 0. The lowest BCUT2D eigenvalue weighted by Crippen LogP contribution is -2.55. The Balaban J connectivity index is 1.40. The fourth-order valence-corrected chi connectivity index (χ4v) is 6.64. The molecular weight excluding hydrogens is 615 g/mol. The Kier molecular flexibility index (Phi) is 7.35. The van der Waals surface area contributed by atoms with Crippen LogP contribution < -0.4 is 9.64 Å². The van der Waals surface area contributed by atoms with Gasteiger partial charge in [-0.2, -0.15) is 26.3 Å². The van der Waals surface area contributed by atoms with Crippen molar-refractivity contribution in [3.8, 4) is 11.5 Å². The first-order valence-corrected chi connectivity index (χ1v) is 13.8. The van der Waals surface area contributed by atoms with Gasteiger partial charge in [-0.05, 0) is 60.9 Å². The number of alkyl halides is 6. The number of phenolic OH excluding ortho intramolecular Hbond substituents is 1. The second-order valence-electron chi connectivity index (χ2n) is 11.4. The third kappa shape index (κ3) is 5.39. The van der Waals surface area contributed by atoms with Crippen LogP contribution >= 0.6 is 0 Å². The van der Waals surface area contributed by atoms with E-state index in [0.717, 1.165) is 12.1 Å². The van der Waals surface area contributed by atoms with Crippen molar-refractivity contribution >= 4 is 17.5 Å². The number of halogens is 7. The normalized spacial score (nSPS) is 28.3. The summed E-state index contributed by atoms with van der Waals surface area (Å²) in [5, 5.41) is 21.6. The largest absolute Gasteiger partial charge is 0.505 e. The van der Waals surface area contributed by atoms with Crippen LogP contribution in [0.4, 0.5) is 36.4 Å². The van der Waals surface area contributed by atoms with Gasteiger partial charge in [0.25, 0.3) is 0 Å². The number of imide groups is 1. The highest BCUT2D eigenvalue weighted by atomic mass is 19.4. The number of hydrogen-bond donors (Lipinski definition) is 2. The summed E-state index contributed by atoms with van der Waals surface area (Å²) in [6.45, 7) is -0.236. The molecule has 2 amide bonds. The number of phenols is 1. The lowest BCUT2D eigenvalue weighted by molar-refractivity contribution is -0.272. The molecule has 0 aromatic heterocycles. The van der Waals surface area contributed by atoms with E-state index in [1.54, 1.807) is 30.3 Å². The van der Waals surface area contributed by atoms with Gasteiger partial charge in [-0.25, -0.2) is 4.39 Å². The fraction of sp³-hybridized carbons (Fsp3) is 0.355. The quantitative estimate of drug-likeness (QED) is 0.254. The zero-order valence-corrected chi connectivity index (χ0v) is 23.0. The molecule has 0 unspecified atom stereocenters. The van der Waals surface area contributed by atoms with Crippen LogP contribution in [0.5, 0.6) is 11.5 Å². The van der Waals surface area contributed by atoms with Gasteiger partial charge in [0, 0.05) is 11.8 Å². The first-order valence-electron chi connectivity index (χ1n) is 13.8.